The first-order valence-corrected chi connectivity index (χ1v) is 7.11. The first kappa shape index (κ1) is 12.4. The van der Waals surface area contributed by atoms with Crippen LogP contribution in [0.5, 0.6) is 0 Å². The van der Waals surface area contributed by atoms with Crippen molar-refractivity contribution in [2.75, 3.05) is 19.6 Å². The smallest absolute Gasteiger partial charge is 0.00793 e. The molecule has 0 aromatic carbocycles. The predicted octanol–water partition coefficient (Wildman–Crippen LogP) is 2.63. The van der Waals surface area contributed by atoms with Crippen molar-refractivity contribution in [3.63, 3.8) is 0 Å². The Kier molecular flexibility index (Phi) is 3.91. The Morgan fingerprint density at radius 2 is 1.94 bits per heavy atom. The summed E-state index contributed by atoms with van der Waals surface area (Å²) < 4.78 is 0. The lowest BCUT2D eigenvalue weighted by molar-refractivity contribution is 0.0997. The van der Waals surface area contributed by atoms with Gasteiger partial charge in [-0.1, -0.05) is 26.7 Å². The van der Waals surface area contributed by atoms with Gasteiger partial charge >= 0.3 is 0 Å². The highest BCUT2D eigenvalue weighted by molar-refractivity contribution is 4.86. The SMILES string of the molecule is CCC1(C)CCN(CC2CCCC2N)CC1. The van der Waals surface area contributed by atoms with E-state index < -0.39 is 0 Å². The molecule has 2 heteroatoms. The molecule has 2 fully saturated rings. The van der Waals surface area contributed by atoms with Gasteiger partial charge < -0.3 is 10.6 Å². The molecule has 0 spiro atoms. The summed E-state index contributed by atoms with van der Waals surface area (Å²) in [5.74, 6) is 0.783. The Labute approximate surface area is 101 Å². The highest BCUT2D eigenvalue weighted by Gasteiger charge is 2.31. The van der Waals surface area contributed by atoms with Crippen molar-refractivity contribution < 1.29 is 0 Å². The molecule has 2 nitrogen and oxygen atoms in total. The monoisotopic (exact) mass is 224 g/mol. The van der Waals surface area contributed by atoms with Gasteiger partial charge in [0, 0.05) is 12.6 Å². The van der Waals surface area contributed by atoms with Gasteiger partial charge in [0.1, 0.15) is 0 Å². The number of nitrogens with zero attached hydrogens (tertiary/aromatic N) is 1. The molecule has 1 saturated carbocycles. The van der Waals surface area contributed by atoms with Crippen LogP contribution in [0, 0.1) is 11.3 Å². The molecular formula is C14H28N2. The maximum absolute atomic E-state index is 6.15. The lowest BCUT2D eigenvalue weighted by atomic mass is 9.78. The van der Waals surface area contributed by atoms with Gasteiger partial charge in [-0.2, -0.15) is 0 Å². The predicted molar refractivity (Wildman–Crippen MR) is 69.4 cm³/mol. The number of rotatable bonds is 3. The number of hydrogen-bond acceptors (Lipinski definition) is 2. The van der Waals surface area contributed by atoms with Crippen LogP contribution in [0.3, 0.4) is 0 Å². The van der Waals surface area contributed by atoms with Gasteiger partial charge in [-0.15, -0.1) is 0 Å². The maximum atomic E-state index is 6.15. The van der Waals surface area contributed by atoms with Gasteiger partial charge in [0.2, 0.25) is 0 Å². The fraction of sp³-hybridized carbons (Fsp3) is 1.00. The number of nitrogens with two attached hydrogens (primary N) is 1. The Morgan fingerprint density at radius 3 is 2.44 bits per heavy atom. The second-order valence-electron chi connectivity index (χ2n) is 6.32. The molecule has 0 amide bonds. The van der Waals surface area contributed by atoms with Gasteiger partial charge in [0.15, 0.2) is 0 Å². The van der Waals surface area contributed by atoms with E-state index in [9.17, 15) is 0 Å². The summed E-state index contributed by atoms with van der Waals surface area (Å²) in [5.41, 5.74) is 6.77. The van der Waals surface area contributed by atoms with Crippen LogP contribution >= 0.6 is 0 Å². The summed E-state index contributed by atoms with van der Waals surface area (Å²) in [6.07, 6.45) is 8.07. The molecule has 2 N–H and O–H groups in total. The number of piperidine rings is 1. The van der Waals surface area contributed by atoms with Crippen LogP contribution < -0.4 is 5.73 Å². The van der Waals surface area contributed by atoms with Gasteiger partial charge in [0.05, 0.1) is 0 Å². The fourth-order valence-electron chi connectivity index (χ4n) is 3.25. The molecule has 1 heterocycles. The summed E-state index contributed by atoms with van der Waals surface area (Å²) in [7, 11) is 0. The number of likely N-dealkylation sites (tertiary alicyclic amines) is 1. The van der Waals surface area contributed by atoms with Crippen LogP contribution in [0.25, 0.3) is 0 Å². The second-order valence-corrected chi connectivity index (χ2v) is 6.32. The average molecular weight is 224 g/mol. The van der Waals surface area contributed by atoms with E-state index in [2.05, 4.69) is 18.7 Å². The zero-order chi connectivity index (χ0) is 11.6. The molecule has 2 unspecified atom stereocenters. The zero-order valence-corrected chi connectivity index (χ0v) is 11.0. The quantitative estimate of drug-likeness (QED) is 0.798. The van der Waals surface area contributed by atoms with Gasteiger partial charge in [-0.05, 0) is 50.1 Å². The van der Waals surface area contributed by atoms with Gasteiger partial charge in [-0.25, -0.2) is 0 Å². The third-order valence-corrected chi connectivity index (χ3v) is 5.13. The first-order chi connectivity index (χ1) is 7.63. The van der Waals surface area contributed by atoms with E-state index in [-0.39, 0.29) is 0 Å². The molecule has 2 atom stereocenters. The Balaban J connectivity index is 1.77. The van der Waals surface area contributed by atoms with Crippen LogP contribution in [0.1, 0.15) is 52.4 Å². The third-order valence-electron chi connectivity index (χ3n) is 5.13. The van der Waals surface area contributed by atoms with Crippen molar-refractivity contribution in [3.05, 3.63) is 0 Å². The van der Waals surface area contributed by atoms with Gasteiger partial charge in [-0.3, -0.25) is 0 Å². The molecule has 0 radical (unpaired) electrons. The average Bonchev–Trinajstić information content (AvgIpc) is 2.68. The van der Waals surface area contributed by atoms with E-state index in [0.29, 0.717) is 11.5 Å². The molecule has 1 aliphatic carbocycles. The topological polar surface area (TPSA) is 29.3 Å². The van der Waals surface area contributed by atoms with E-state index in [4.69, 9.17) is 5.73 Å². The Morgan fingerprint density at radius 1 is 1.25 bits per heavy atom. The Hall–Kier alpha value is -0.0800. The molecule has 1 aliphatic heterocycles. The zero-order valence-electron chi connectivity index (χ0n) is 11.0. The summed E-state index contributed by atoms with van der Waals surface area (Å²) in [4.78, 5) is 2.66. The molecule has 1 saturated heterocycles. The second kappa shape index (κ2) is 5.05. The highest BCUT2D eigenvalue weighted by Crippen LogP contribution is 2.35. The van der Waals surface area contributed by atoms with Gasteiger partial charge in [0.25, 0.3) is 0 Å². The molecular weight excluding hydrogens is 196 g/mol. The first-order valence-electron chi connectivity index (χ1n) is 7.11. The van der Waals surface area contributed by atoms with Crippen molar-refractivity contribution in [2.24, 2.45) is 17.1 Å². The normalized spacial score (nSPS) is 35.4. The molecule has 94 valence electrons. The number of hydrogen-bond donors (Lipinski definition) is 1. The Bertz CT molecular complexity index is 219. The minimum atomic E-state index is 0.486. The van der Waals surface area contributed by atoms with Crippen LogP contribution in [0.15, 0.2) is 0 Å². The summed E-state index contributed by atoms with van der Waals surface area (Å²) >= 11 is 0. The van der Waals surface area contributed by atoms with E-state index in [1.54, 1.807) is 0 Å². The van der Waals surface area contributed by atoms with Crippen LogP contribution in [0.2, 0.25) is 0 Å². The molecule has 0 aromatic rings. The molecule has 16 heavy (non-hydrogen) atoms. The maximum Gasteiger partial charge on any atom is 0.00793 e. The van der Waals surface area contributed by atoms with E-state index in [1.165, 1.54) is 58.2 Å². The van der Waals surface area contributed by atoms with E-state index in [1.807, 2.05) is 0 Å². The molecule has 2 aliphatic rings. The van der Waals surface area contributed by atoms with Crippen LogP contribution in [-0.2, 0) is 0 Å². The minimum absolute atomic E-state index is 0.486. The van der Waals surface area contributed by atoms with Crippen molar-refractivity contribution in [1.29, 1.82) is 0 Å². The highest BCUT2D eigenvalue weighted by atomic mass is 15.1. The molecule has 2 rings (SSSR count). The van der Waals surface area contributed by atoms with Crippen molar-refractivity contribution >= 4 is 0 Å². The minimum Gasteiger partial charge on any atom is -0.327 e. The third kappa shape index (κ3) is 2.78. The summed E-state index contributed by atoms with van der Waals surface area (Å²) in [5, 5.41) is 0. The van der Waals surface area contributed by atoms with E-state index >= 15 is 0 Å². The van der Waals surface area contributed by atoms with Crippen LogP contribution in [0.4, 0.5) is 0 Å². The molecule has 0 bridgehead atoms. The molecule has 0 aromatic heterocycles. The fourth-order valence-corrected chi connectivity index (χ4v) is 3.25. The lowest BCUT2D eigenvalue weighted by Crippen LogP contribution is -2.43. The standard InChI is InChI=1S/C14H28N2/c1-3-14(2)7-9-16(10-8-14)11-12-5-4-6-13(12)15/h12-13H,3-11,15H2,1-2H3. The van der Waals surface area contributed by atoms with Crippen molar-refractivity contribution in [1.82, 2.24) is 4.90 Å². The van der Waals surface area contributed by atoms with E-state index in [0.717, 1.165) is 5.92 Å². The summed E-state index contributed by atoms with van der Waals surface area (Å²) in [6, 6.07) is 0.486. The van der Waals surface area contributed by atoms with Crippen molar-refractivity contribution in [3.8, 4) is 0 Å². The van der Waals surface area contributed by atoms with Crippen molar-refractivity contribution in [2.45, 2.75) is 58.4 Å². The van der Waals surface area contributed by atoms with Crippen LogP contribution in [-0.4, -0.2) is 30.6 Å². The lowest BCUT2D eigenvalue weighted by Gasteiger charge is -2.40. The largest absolute Gasteiger partial charge is 0.327 e. The summed E-state index contributed by atoms with van der Waals surface area (Å²) in [6.45, 7) is 8.65.